The number of nitrogens with one attached hydrogen (secondary N) is 2. The summed E-state index contributed by atoms with van der Waals surface area (Å²) in [6.45, 7) is 3.84. The number of halogens is 1. The number of para-hydroxylation sites is 2. The highest BCUT2D eigenvalue weighted by Gasteiger charge is 2.18. The number of aryl methyl sites for hydroxylation is 1. The van der Waals surface area contributed by atoms with E-state index in [4.69, 9.17) is 9.97 Å². The second-order valence-electron chi connectivity index (χ2n) is 7.20. The lowest BCUT2D eigenvalue weighted by Crippen LogP contribution is -2.22. The van der Waals surface area contributed by atoms with Gasteiger partial charge in [0.1, 0.15) is 45.7 Å². The van der Waals surface area contributed by atoms with E-state index in [-0.39, 0.29) is 0 Å². The number of hydrogen-bond acceptors (Lipinski definition) is 7. The summed E-state index contributed by atoms with van der Waals surface area (Å²) in [7, 11) is 0.680. The van der Waals surface area contributed by atoms with Crippen LogP contribution in [0.4, 0.5) is 28.7 Å². The monoisotopic (exact) mass is 604 g/mol. The number of pyridine rings is 2. The lowest BCUT2D eigenvalue weighted by atomic mass is 10.2. The van der Waals surface area contributed by atoms with Crippen molar-refractivity contribution in [1.82, 2.24) is 19.3 Å². The van der Waals surface area contributed by atoms with Gasteiger partial charge in [0, 0.05) is 18.9 Å². The number of imidazole rings is 1. The zero-order chi connectivity index (χ0) is 24.2. The molecule has 2 atom stereocenters. The van der Waals surface area contributed by atoms with Crippen molar-refractivity contribution in [3.8, 4) is 6.07 Å². The Bertz CT molecular complexity index is 1420. The Morgan fingerprint density at radius 3 is 2.65 bits per heavy atom. The first-order valence-electron chi connectivity index (χ1n) is 10.3. The maximum atomic E-state index is 12.5. The molecule has 0 amide bonds. The van der Waals surface area contributed by atoms with Crippen LogP contribution in [0.5, 0.6) is 0 Å². The van der Waals surface area contributed by atoms with Crippen LogP contribution in [0.3, 0.4) is 0 Å². The summed E-state index contributed by atoms with van der Waals surface area (Å²) in [4.78, 5) is 13.8. The fourth-order valence-electron chi connectivity index (χ4n) is 3.42. The van der Waals surface area contributed by atoms with Crippen molar-refractivity contribution >= 4 is 79.3 Å². The van der Waals surface area contributed by atoms with E-state index in [0.717, 1.165) is 34.1 Å². The van der Waals surface area contributed by atoms with Crippen molar-refractivity contribution in [1.29, 1.82) is 5.26 Å². The van der Waals surface area contributed by atoms with E-state index in [1.807, 2.05) is 51.2 Å². The first-order chi connectivity index (χ1) is 16.4. The number of aromatic nitrogens is 4. The van der Waals surface area contributed by atoms with Crippen LogP contribution in [0, 0.1) is 18.3 Å². The van der Waals surface area contributed by atoms with E-state index in [2.05, 4.69) is 48.1 Å². The summed E-state index contributed by atoms with van der Waals surface area (Å²) in [5, 5.41) is 15.9. The average molecular weight is 604 g/mol. The molecular weight excluding hydrogens is 582 g/mol. The van der Waals surface area contributed by atoms with E-state index < -0.39 is 11.0 Å². The zero-order valence-electron chi connectivity index (χ0n) is 18.7. The highest BCUT2D eigenvalue weighted by atomic mass is 127. The zero-order valence-corrected chi connectivity index (χ0v) is 22.7. The minimum atomic E-state index is -1.14. The van der Waals surface area contributed by atoms with Crippen LogP contribution in [0.25, 0.3) is 11.2 Å². The molecule has 0 bridgehead atoms. The molecule has 174 valence electrons. The van der Waals surface area contributed by atoms with Gasteiger partial charge in [0.2, 0.25) is 0 Å². The van der Waals surface area contributed by atoms with Crippen molar-refractivity contribution < 1.29 is 4.21 Å². The molecule has 1 aromatic carbocycles. The van der Waals surface area contributed by atoms with Gasteiger partial charge in [0.25, 0.3) is 0 Å². The largest absolute Gasteiger partial charge is 0.352 e. The van der Waals surface area contributed by atoms with Crippen molar-refractivity contribution in [3.63, 3.8) is 0 Å². The van der Waals surface area contributed by atoms with Crippen LogP contribution in [0.1, 0.15) is 18.4 Å². The number of benzene rings is 1. The second-order valence-corrected chi connectivity index (χ2v) is 11.0. The fourth-order valence-corrected chi connectivity index (χ4v) is 6.32. The van der Waals surface area contributed by atoms with E-state index in [1.54, 1.807) is 22.5 Å². The lowest BCUT2D eigenvalue weighted by Gasteiger charge is -2.21. The molecule has 0 spiro atoms. The van der Waals surface area contributed by atoms with Crippen molar-refractivity contribution in [2.45, 2.75) is 13.8 Å². The van der Waals surface area contributed by atoms with Crippen molar-refractivity contribution in [2.75, 3.05) is 27.7 Å². The molecule has 0 aliphatic carbocycles. The van der Waals surface area contributed by atoms with Gasteiger partial charge in [0.15, 0.2) is 5.65 Å². The maximum Gasteiger partial charge on any atom is 0.168 e. The van der Waals surface area contributed by atoms with E-state index >= 15 is 0 Å². The number of anilines is 5. The van der Waals surface area contributed by atoms with Gasteiger partial charge in [-0.1, -0.05) is 25.1 Å². The summed E-state index contributed by atoms with van der Waals surface area (Å²) in [5.41, 5.74) is 4.16. The Morgan fingerprint density at radius 1 is 1.12 bits per heavy atom. The number of hydrogen-bond donors (Lipinski definition) is 2. The standard InChI is InChI=1S/C22H22IN8OPS/c1-4-34(32)30(3)18-10-6-5-9-16(18)27-17-12-20(28-19-11-7-8-15(13-24)26-19)29-22-21(17)25-14(2)31(22)33-23/h5-12,33H,4H2,1-3H3,(H2,26,27,28,29). The highest BCUT2D eigenvalue weighted by Crippen LogP contribution is 2.37. The van der Waals surface area contributed by atoms with Gasteiger partial charge in [-0.3, -0.25) is 8.64 Å². The molecule has 12 heteroatoms. The minimum Gasteiger partial charge on any atom is -0.352 e. The molecule has 9 nitrogen and oxygen atoms in total. The summed E-state index contributed by atoms with van der Waals surface area (Å²) in [6.07, 6.45) is 0.423. The molecule has 4 aromatic rings. The first-order valence-corrected chi connectivity index (χ1v) is 15.7. The normalized spacial score (nSPS) is 12.1. The molecule has 0 aliphatic rings. The van der Waals surface area contributed by atoms with Gasteiger partial charge in [-0.25, -0.2) is 19.2 Å². The predicted octanol–water partition coefficient (Wildman–Crippen LogP) is 5.41. The molecule has 0 radical (unpaired) electrons. The third-order valence-electron chi connectivity index (χ3n) is 5.05. The van der Waals surface area contributed by atoms with Gasteiger partial charge in [-0.05, 0) is 53.2 Å². The number of rotatable bonds is 8. The number of fused-ring (bicyclic) bond motifs is 1. The SMILES string of the molecule is CCS(=O)N(C)c1ccccc1Nc1cc(Nc2cccc(C#N)n2)nc2c1nc(C)n2PI. The minimum absolute atomic E-state index is 0.319. The lowest BCUT2D eigenvalue weighted by molar-refractivity contribution is 0.682. The molecular formula is C22H22IN8OPS. The Labute approximate surface area is 214 Å². The molecule has 2 N–H and O–H groups in total. The van der Waals surface area contributed by atoms with Crippen molar-refractivity contribution in [2.24, 2.45) is 0 Å². The van der Waals surface area contributed by atoms with Crippen LogP contribution < -0.4 is 14.9 Å². The molecule has 0 aliphatic heterocycles. The van der Waals surface area contributed by atoms with Gasteiger partial charge in [-0.15, -0.1) is 0 Å². The van der Waals surface area contributed by atoms with E-state index in [9.17, 15) is 9.47 Å². The van der Waals surface area contributed by atoms with Gasteiger partial charge >= 0.3 is 0 Å². The van der Waals surface area contributed by atoms with E-state index in [0.29, 0.717) is 29.5 Å². The van der Waals surface area contributed by atoms with E-state index in [1.165, 1.54) is 0 Å². The van der Waals surface area contributed by atoms with Crippen LogP contribution in [-0.4, -0.2) is 36.3 Å². The fraction of sp³-hybridized carbons (Fsp3) is 0.182. The third-order valence-corrected chi connectivity index (χ3v) is 8.51. The summed E-state index contributed by atoms with van der Waals surface area (Å²) in [5.74, 6) is 2.47. The Morgan fingerprint density at radius 2 is 1.91 bits per heavy atom. The summed E-state index contributed by atoms with van der Waals surface area (Å²) < 4.78 is 16.3. The summed E-state index contributed by atoms with van der Waals surface area (Å²) in [6, 6.07) is 16.8. The summed E-state index contributed by atoms with van der Waals surface area (Å²) >= 11 is 2.31. The molecule has 0 saturated carbocycles. The second kappa shape index (κ2) is 10.6. The molecule has 34 heavy (non-hydrogen) atoms. The molecule has 3 heterocycles. The molecule has 2 unspecified atom stereocenters. The van der Waals surface area contributed by atoms with Crippen LogP contribution in [-0.2, 0) is 11.0 Å². The number of nitriles is 1. The molecule has 0 fully saturated rings. The Hall–Kier alpha value is -2.81. The van der Waals surface area contributed by atoms with Gasteiger partial charge < -0.3 is 10.6 Å². The maximum absolute atomic E-state index is 12.5. The van der Waals surface area contributed by atoms with Gasteiger partial charge in [-0.2, -0.15) is 5.26 Å². The molecule has 0 saturated heterocycles. The topological polar surface area (TPSA) is 112 Å². The Kier molecular flexibility index (Phi) is 7.60. The molecule has 3 aromatic heterocycles. The predicted molar refractivity (Wildman–Crippen MR) is 149 cm³/mol. The highest BCUT2D eigenvalue weighted by molar-refractivity contribution is 14.2. The number of nitrogens with zero attached hydrogens (tertiary/aromatic N) is 6. The smallest absolute Gasteiger partial charge is 0.168 e. The van der Waals surface area contributed by atoms with Crippen molar-refractivity contribution in [3.05, 3.63) is 60.0 Å². The van der Waals surface area contributed by atoms with Gasteiger partial charge in [0.05, 0.1) is 23.4 Å². The first kappa shape index (κ1) is 24.3. The quantitative estimate of drug-likeness (QED) is 0.205. The molecule has 4 rings (SSSR count). The van der Waals surface area contributed by atoms with Crippen LogP contribution in [0.15, 0.2) is 48.5 Å². The Balaban J connectivity index is 1.81. The van der Waals surface area contributed by atoms with Crippen LogP contribution in [0.2, 0.25) is 0 Å². The average Bonchev–Trinajstić information content (AvgIpc) is 3.18. The third kappa shape index (κ3) is 4.99. The van der Waals surface area contributed by atoms with Crippen LogP contribution >= 0.6 is 28.4 Å².